The zero-order chi connectivity index (χ0) is 17.5. The van der Waals surface area contributed by atoms with Gasteiger partial charge in [0.2, 0.25) is 0 Å². The average molecular weight is 337 g/mol. The number of aromatic carboxylic acids is 1. The Morgan fingerprint density at radius 1 is 1.08 bits per heavy atom. The lowest BCUT2D eigenvalue weighted by molar-refractivity contribution is -0.137. The molecule has 24 heavy (non-hydrogen) atoms. The van der Waals surface area contributed by atoms with Crippen molar-refractivity contribution in [3.63, 3.8) is 0 Å². The van der Waals surface area contributed by atoms with Crippen molar-refractivity contribution in [1.82, 2.24) is 4.57 Å². The Balaban J connectivity index is 2.18. The Bertz CT molecular complexity index is 928. The Labute approximate surface area is 133 Å². The van der Waals surface area contributed by atoms with Crippen molar-refractivity contribution in [2.75, 3.05) is 0 Å². The van der Waals surface area contributed by atoms with Crippen LogP contribution in [-0.2, 0) is 12.7 Å². The predicted octanol–water partition coefficient (Wildman–Crippen LogP) is 4.55. The van der Waals surface area contributed by atoms with Crippen LogP contribution in [0.3, 0.4) is 0 Å². The largest absolute Gasteiger partial charge is 0.477 e. The lowest BCUT2D eigenvalue weighted by atomic mass is 10.1. The highest BCUT2D eigenvalue weighted by atomic mass is 19.4. The first-order valence-corrected chi connectivity index (χ1v) is 6.94. The minimum absolute atomic E-state index is 0.0514. The van der Waals surface area contributed by atoms with Gasteiger partial charge in [-0.2, -0.15) is 13.2 Å². The molecule has 0 saturated heterocycles. The van der Waals surface area contributed by atoms with Crippen molar-refractivity contribution in [3.05, 3.63) is 71.2 Å². The number of fused-ring (bicyclic) bond motifs is 1. The van der Waals surface area contributed by atoms with Gasteiger partial charge in [0.25, 0.3) is 0 Å². The summed E-state index contributed by atoms with van der Waals surface area (Å²) >= 11 is 0. The fourth-order valence-electron chi connectivity index (χ4n) is 2.60. The number of hydrogen-bond acceptors (Lipinski definition) is 1. The van der Waals surface area contributed by atoms with Gasteiger partial charge in [-0.15, -0.1) is 0 Å². The maximum atomic E-state index is 13.3. The molecule has 0 saturated carbocycles. The summed E-state index contributed by atoms with van der Waals surface area (Å²) in [5, 5.41) is 9.68. The van der Waals surface area contributed by atoms with Crippen molar-refractivity contribution < 1.29 is 27.5 Å². The number of carboxylic acid groups (broad SMARTS) is 1. The van der Waals surface area contributed by atoms with E-state index in [1.54, 1.807) is 6.07 Å². The minimum Gasteiger partial charge on any atom is -0.477 e. The molecule has 0 aliphatic heterocycles. The molecule has 0 aliphatic rings. The number of carboxylic acids is 1. The SMILES string of the molecule is O=C(O)c1cc2ccc(C(F)(F)F)cc2n1Cc1cccc(F)c1. The van der Waals surface area contributed by atoms with E-state index >= 15 is 0 Å². The van der Waals surface area contributed by atoms with Crippen LogP contribution in [0.2, 0.25) is 0 Å². The molecule has 0 bridgehead atoms. The van der Waals surface area contributed by atoms with Crippen molar-refractivity contribution in [2.24, 2.45) is 0 Å². The van der Waals surface area contributed by atoms with E-state index in [0.29, 0.717) is 10.9 Å². The third kappa shape index (κ3) is 2.97. The van der Waals surface area contributed by atoms with E-state index in [1.807, 2.05) is 0 Å². The number of alkyl halides is 3. The van der Waals surface area contributed by atoms with Gasteiger partial charge >= 0.3 is 12.1 Å². The Kier molecular flexibility index (Phi) is 3.79. The predicted molar refractivity (Wildman–Crippen MR) is 79.4 cm³/mol. The van der Waals surface area contributed by atoms with Gasteiger partial charge in [0.1, 0.15) is 11.5 Å². The van der Waals surface area contributed by atoms with Gasteiger partial charge in [-0.1, -0.05) is 18.2 Å². The van der Waals surface area contributed by atoms with Gasteiger partial charge in [-0.3, -0.25) is 0 Å². The fourth-order valence-corrected chi connectivity index (χ4v) is 2.60. The normalized spacial score (nSPS) is 11.8. The summed E-state index contributed by atoms with van der Waals surface area (Å²) in [4.78, 5) is 11.4. The van der Waals surface area contributed by atoms with Crippen LogP contribution < -0.4 is 0 Å². The molecule has 0 spiro atoms. The van der Waals surface area contributed by atoms with Crippen LogP contribution in [0.4, 0.5) is 17.6 Å². The van der Waals surface area contributed by atoms with E-state index in [1.165, 1.54) is 34.9 Å². The number of benzene rings is 2. The standard InChI is InChI=1S/C17H11F4NO2/c18-13-3-1-2-10(6-13)9-22-14-8-12(17(19,20)21)5-4-11(14)7-15(22)16(23)24/h1-8H,9H2,(H,23,24). The van der Waals surface area contributed by atoms with Gasteiger partial charge < -0.3 is 9.67 Å². The molecule has 0 amide bonds. The highest BCUT2D eigenvalue weighted by Gasteiger charge is 2.31. The number of nitrogens with zero attached hydrogens (tertiary/aromatic N) is 1. The number of halogens is 4. The Morgan fingerprint density at radius 3 is 2.46 bits per heavy atom. The lowest BCUT2D eigenvalue weighted by Gasteiger charge is -2.11. The highest BCUT2D eigenvalue weighted by Crippen LogP contribution is 2.32. The van der Waals surface area contributed by atoms with Gasteiger partial charge in [0, 0.05) is 17.4 Å². The summed E-state index contributed by atoms with van der Waals surface area (Å²) < 4.78 is 53.3. The molecule has 1 heterocycles. The third-order valence-corrected chi connectivity index (χ3v) is 3.68. The Hall–Kier alpha value is -2.83. The summed E-state index contributed by atoms with van der Waals surface area (Å²) in [7, 11) is 0. The van der Waals surface area contributed by atoms with E-state index in [0.717, 1.165) is 12.1 Å². The van der Waals surface area contributed by atoms with Crippen LogP contribution in [-0.4, -0.2) is 15.6 Å². The molecule has 124 valence electrons. The second-order valence-electron chi connectivity index (χ2n) is 5.32. The summed E-state index contributed by atoms with van der Waals surface area (Å²) in [5.74, 6) is -1.77. The summed E-state index contributed by atoms with van der Waals surface area (Å²) in [5.41, 5.74) is -0.446. The van der Waals surface area contributed by atoms with E-state index < -0.39 is 23.5 Å². The van der Waals surface area contributed by atoms with E-state index in [9.17, 15) is 27.5 Å². The molecule has 0 aliphatic carbocycles. The first kappa shape index (κ1) is 16.0. The maximum Gasteiger partial charge on any atom is 0.416 e. The van der Waals surface area contributed by atoms with E-state index in [4.69, 9.17) is 0 Å². The molecule has 0 atom stereocenters. The zero-order valence-corrected chi connectivity index (χ0v) is 12.1. The van der Waals surface area contributed by atoms with Crippen LogP contribution in [0.5, 0.6) is 0 Å². The molecular formula is C17H11F4NO2. The van der Waals surface area contributed by atoms with Gasteiger partial charge in [-0.25, -0.2) is 9.18 Å². The Morgan fingerprint density at radius 2 is 1.83 bits per heavy atom. The first-order valence-electron chi connectivity index (χ1n) is 6.94. The molecule has 2 aromatic carbocycles. The minimum atomic E-state index is -4.54. The smallest absolute Gasteiger partial charge is 0.416 e. The molecule has 7 heteroatoms. The fraction of sp³-hybridized carbons (Fsp3) is 0.118. The first-order chi connectivity index (χ1) is 11.3. The van der Waals surface area contributed by atoms with Crippen molar-refractivity contribution in [1.29, 1.82) is 0 Å². The van der Waals surface area contributed by atoms with Gasteiger partial charge in [-0.05, 0) is 35.9 Å². The van der Waals surface area contributed by atoms with Crippen LogP contribution in [0.1, 0.15) is 21.6 Å². The van der Waals surface area contributed by atoms with Crippen LogP contribution in [0.25, 0.3) is 10.9 Å². The molecule has 0 unspecified atom stereocenters. The number of aromatic nitrogens is 1. The quantitative estimate of drug-likeness (QED) is 0.713. The third-order valence-electron chi connectivity index (χ3n) is 3.68. The van der Waals surface area contributed by atoms with Crippen LogP contribution in [0.15, 0.2) is 48.5 Å². The molecule has 1 aromatic heterocycles. The van der Waals surface area contributed by atoms with Gasteiger partial charge in [0.05, 0.1) is 5.56 Å². The topological polar surface area (TPSA) is 42.2 Å². The second-order valence-corrected chi connectivity index (χ2v) is 5.32. The molecule has 1 N–H and O–H groups in total. The molecule has 3 aromatic rings. The van der Waals surface area contributed by atoms with Crippen molar-refractivity contribution >= 4 is 16.9 Å². The van der Waals surface area contributed by atoms with Crippen molar-refractivity contribution in [3.8, 4) is 0 Å². The summed E-state index contributed by atoms with van der Waals surface area (Å²) in [6.07, 6.45) is -4.54. The summed E-state index contributed by atoms with van der Waals surface area (Å²) in [6.45, 7) is -0.0514. The lowest BCUT2D eigenvalue weighted by Crippen LogP contribution is -2.10. The van der Waals surface area contributed by atoms with Crippen LogP contribution in [0, 0.1) is 5.82 Å². The molecule has 0 fully saturated rings. The zero-order valence-electron chi connectivity index (χ0n) is 12.1. The number of hydrogen-bond donors (Lipinski definition) is 1. The monoisotopic (exact) mass is 337 g/mol. The molecule has 3 nitrogen and oxygen atoms in total. The maximum absolute atomic E-state index is 13.3. The van der Waals surface area contributed by atoms with Crippen LogP contribution >= 0.6 is 0 Å². The van der Waals surface area contributed by atoms with Crippen molar-refractivity contribution in [2.45, 2.75) is 12.7 Å². The van der Waals surface area contributed by atoms with Gasteiger partial charge in [0.15, 0.2) is 0 Å². The molecule has 0 radical (unpaired) electrons. The number of rotatable bonds is 3. The van der Waals surface area contributed by atoms with E-state index in [2.05, 4.69) is 0 Å². The second kappa shape index (κ2) is 5.67. The number of carbonyl (C=O) groups is 1. The highest BCUT2D eigenvalue weighted by molar-refractivity contribution is 5.95. The average Bonchev–Trinajstić information content (AvgIpc) is 2.85. The molecule has 3 rings (SSSR count). The molecular weight excluding hydrogens is 326 g/mol. The van der Waals surface area contributed by atoms with E-state index in [-0.39, 0.29) is 17.8 Å². The summed E-state index contributed by atoms with van der Waals surface area (Å²) in [6, 6.07) is 9.82.